The van der Waals surface area contributed by atoms with Crippen LogP contribution in [0.3, 0.4) is 0 Å². The molecule has 3 rings (SSSR count). The van der Waals surface area contributed by atoms with Gasteiger partial charge in [0.05, 0.1) is 14.0 Å². The Morgan fingerprint density at radius 3 is 2.35 bits per heavy atom. The Morgan fingerprint density at radius 1 is 1.10 bits per heavy atom. The Balaban J connectivity index is 2.46. The molecule has 0 aliphatic rings. The predicted molar refractivity (Wildman–Crippen MR) is 87.6 cm³/mol. The second-order valence-corrected chi connectivity index (χ2v) is 7.29. The molecule has 1 N–H and O–H groups in total. The number of hydrogen-bond donors (Lipinski definition) is 1. The number of H-pyrrole nitrogens is 1. The number of thiophene rings is 1. The Hall–Kier alpha value is -1.46. The Bertz CT molecular complexity index is 860. The number of fused-ring (bicyclic) bond motifs is 1. The van der Waals surface area contributed by atoms with Gasteiger partial charge in [-0.2, -0.15) is 5.10 Å². The number of hydrogen-bond acceptors (Lipinski definition) is 3. The second-order valence-electron chi connectivity index (χ2n) is 4.92. The first-order valence-electron chi connectivity index (χ1n) is 6.24. The molecule has 3 aromatic rings. The van der Waals surface area contributed by atoms with Gasteiger partial charge in [0, 0.05) is 5.39 Å². The van der Waals surface area contributed by atoms with Crippen LogP contribution >= 0.6 is 27.3 Å². The van der Waals surface area contributed by atoms with Crippen molar-refractivity contribution in [2.24, 2.45) is 0 Å². The van der Waals surface area contributed by atoms with Crippen molar-refractivity contribution in [1.29, 1.82) is 0 Å². The molecule has 0 bridgehead atoms. The van der Waals surface area contributed by atoms with E-state index in [9.17, 15) is 4.79 Å². The van der Waals surface area contributed by atoms with Gasteiger partial charge in [-0.25, -0.2) is 5.10 Å². The molecule has 0 unspecified atom stereocenters. The maximum absolute atomic E-state index is 12.1. The molecule has 0 aliphatic carbocycles. The number of nitrogens with one attached hydrogen (secondary N) is 1. The van der Waals surface area contributed by atoms with Crippen LogP contribution in [0.25, 0.3) is 21.3 Å². The van der Waals surface area contributed by atoms with Gasteiger partial charge in [-0.1, -0.05) is 12.1 Å². The zero-order valence-corrected chi connectivity index (χ0v) is 13.8. The highest BCUT2D eigenvalue weighted by atomic mass is 79.9. The summed E-state index contributed by atoms with van der Waals surface area (Å²) >= 11 is 5.18. The molecule has 2 aromatic heterocycles. The lowest BCUT2D eigenvalue weighted by molar-refractivity contribution is 1.02. The highest BCUT2D eigenvalue weighted by Crippen LogP contribution is 2.37. The number of aromatic nitrogens is 2. The molecule has 0 saturated heterocycles. The lowest BCUT2D eigenvalue weighted by atomic mass is 10.0. The van der Waals surface area contributed by atoms with Crippen molar-refractivity contribution >= 4 is 38.0 Å². The van der Waals surface area contributed by atoms with Gasteiger partial charge in [-0.05, 0) is 59.5 Å². The molecule has 0 saturated carbocycles. The minimum atomic E-state index is -0.128. The fraction of sp³-hybridized carbons (Fsp3) is 0.200. The Kier molecular flexibility index (Phi) is 3.26. The minimum absolute atomic E-state index is 0.128. The number of rotatable bonds is 1. The molecule has 0 spiro atoms. The average Bonchev–Trinajstić information content (AvgIpc) is 2.74. The van der Waals surface area contributed by atoms with Crippen LogP contribution in [-0.4, -0.2) is 10.2 Å². The van der Waals surface area contributed by atoms with Crippen molar-refractivity contribution in [2.45, 2.75) is 20.8 Å². The van der Waals surface area contributed by atoms with Crippen molar-refractivity contribution in [3.63, 3.8) is 0 Å². The Morgan fingerprint density at radius 2 is 1.75 bits per heavy atom. The van der Waals surface area contributed by atoms with E-state index in [1.54, 1.807) is 11.3 Å². The molecule has 3 nitrogen and oxygen atoms in total. The lowest BCUT2D eigenvalue weighted by Gasteiger charge is -2.08. The van der Waals surface area contributed by atoms with E-state index >= 15 is 0 Å². The largest absolute Gasteiger partial charge is 0.272 e. The number of halogens is 1. The SMILES string of the molecule is Cc1cc(-c2n[nH]c(=O)c3c(C)ccc(C)c23)sc1Br. The van der Waals surface area contributed by atoms with Gasteiger partial charge in [0.25, 0.3) is 5.56 Å². The number of aryl methyl sites for hydroxylation is 3. The van der Waals surface area contributed by atoms with E-state index in [1.807, 2.05) is 26.0 Å². The smallest absolute Gasteiger partial charge is 0.267 e. The van der Waals surface area contributed by atoms with Crippen LogP contribution < -0.4 is 5.56 Å². The summed E-state index contributed by atoms with van der Waals surface area (Å²) in [6.45, 7) is 6.02. The van der Waals surface area contributed by atoms with E-state index in [1.165, 1.54) is 5.56 Å². The predicted octanol–water partition coefficient (Wildman–Crippen LogP) is 4.34. The molecule has 0 fully saturated rings. The van der Waals surface area contributed by atoms with E-state index in [0.29, 0.717) is 0 Å². The lowest BCUT2D eigenvalue weighted by Crippen LogP contribution is -2.11. The molecule has 0 radical (unpaired) electrons. The summed E-state index contributed by atoms with van der Waals surface area (Å²) < 4.78 is 1.10. The molecule has 0 aliphatic heterocycles. The molecule has 102 valence electrons. The molecular formula is C15H13BrN2OS. The van der Waals surface area contributed by atoms with Crippen LogP contribution in [0.5, 0.6) is 0 Å². The number of aromatic amines is 1. The second kappa shape index (κ2) is 4.82. The summed E-state index contributed by atoms with van der Waals surface area (Å²) in [5.74, 6) is 0. The van der Waals surface area contributed by atoms with Gasteiger partial charge in [0.15, 0.2) is 0 Å². The summed E-state index contributed by atoms with van der Waals surface area (Å²) in [4.78, 5) is 13.1. The van der Waals surface area contributed by atoms with Gasteiger partial charge >= 0.3 is 0 Å². The molecule has 2 heterocycles. The summed E-state index contributed by atoms with van der Waals surface area (Å²) in [6, 6.07) is 6.11. The third kappa shape index (κ3) is 2.01. The van der Waals surface area contributed by atoms with E-state index in [0.717, 1.165) is 36.3 Å². The topological polar surface area (TPSA) is 45.8 Å². The molecular weight excluding hydrogens is 336 g/mol. The van der Waals surface area contributed by atoms with Crippen LogP contribution in [0, 0.1) is 20.8 Å². The van der Waals surface area contributed by atoms with Crippen LogP contribution in [-0.2, 0) is 0 Å². The third-order valence-corrected chi connectivity index (χ3v) is 5.59. The molecule has 0 amide bonds. The standard InChI is InChI=1S/C15H13BrN2OS/c1-7-4-5-8(2)12-11(7)13(17-18-15(12)19)10-6-9(3)14(16)20-10/h4-6H,1-3H3,(H,18,19). The molecule has 20 heavy (non-hydrogen) atoms. The zero-order valence-electron chi connectivity index (χ0n) is 11.4. The van der Waals surface area contributed by atoms with E-state index in [-0.39, 0.29) is 5.56 Å². The van der Waals surface area contributed by atoms with E-state index in [4.69, 9.17) is 0 Å². The van der Waals surface area contributed by atoms with Crippen LogP contribution in [0.1, 0.15) is 16.7 Å². The highest BCUT2D eigenvalue weighted by Gasteiger charge is 2.15. The van der Waals surface area contributed by atoms with Crippen molar-refractivity contribution in [1.82, 2.24) is 10.2 Å². The fourth-order valence-electron chi connectivity index (χ4n) is 2.38. The van der Waals surface area contributed by atoms with E-state index < -0.39 is 0 Å². The van der Waals surface area contributed by atoms with Gasteiger partial charge in [0.2, 0.25) is 0 Å². The molecule has 0 atom stereocenters. The molecule has 5 heteroatoms. The maximum atomic E-state index is 12.1. The summed E-state index contributed by atoms with van der Waals surface area (Å²) in [7, 11) is 0. The molecule has 1 aromatic carbocycles. The van der Waals surface area contributed by atoms with Gasteiger partial charge in [-0.15, -0.1) is 11.3 Å². The maximum Gasteiger partial charge on any atom is 0.272 e. The van der Waals surface area contributed by atoms with Gasteiger partial charge in [-0.3, -0.25) is 4.79 Å². The summed E-state index contributed by atoms with van der Waals surface area (Å²) in [6.07, 6.45) is 0. The average molecular weight is 349 g/mol. The van der Waals surface area contributed by atoms with Gasteiger partial charge in [0.1, 0.15) is 5.69 Å². The number of nitrogens with zero attached hydrogens (tertiary/aromatic N) is 1. The van der Waals surface area contributed by atoms with Crippen molar-refractivity contribution in [3.8, 4) is 10.6 Å². The van der Waals surface area contributed by atoms with Crippen molar-refractivity contribution in [2.75, 3.05) is 0 Å². The first-order valence-corrected chi connectivity index (χ1v) is 7.85. The normalized spacial score (nSPS) is 11.2. The van der Waals surface area contributed by atoms with Crippen LogP contribution in [0.2, 0.25) is 0 Å². The first-order chi connectivity index (χ1) is 9.49. The minimum Gasteiger partial charge on any atom is -0.267 e. The summed E-state index contributed by atoms with van der Waals surface area (Å²) in [5.41, 5.74) is 3.94. The van der Waals surface area contributed by atoms with Crippen LogP contribution in [0.4, 0.5) is 0 Å². The van der Waals surface area contributed by atoms with Crippen molar-refractivity contribution in [3.05, 3.63) is 49.0 Å². The third-order valence-electron chi connectivity index (χ3n) is 3.45. The number of benzene rings is 1. The quantitative estimate of drug-likeness (QED) is 0.710. The Labute approximate surface area is 128 Å². The summed E-state index contributed by atoms with van der Waals surface area (Å²) in [5, 5.41) is 8.59. The highest BCUT2D eigenvalue weighted by molar-refractivity contribution is 9.11. The fourth-order valence-corrected chi connectivity index (χ4v) is 3.91. The first kappa shape index (κ1) is 13.5. The zero-order chi connectivity index (χ0) is 14.4. The monoisotopic (exact) mass is 348 g/mol. The van der Waals surface area contributed by atoms with Crippen molar-refractivity contribution < 1.29 is 0 Å². The van der Waals surface area contributed by atoms with Crippen LogP contribution in [0.15, 0.2) is 26.8 Å². The van der Waals surface area contributed by atoms with E-state index in [2.05, 4.69) is 39.1 Å². The van der Waals surface area contributed by atoms with Gasteiger partial charge < -0.3 is 0 Å².